The Kier molecular flexibility index (Phi) is 9.61. The van der Waals surface area contributed by atoms with Gasteiger partial charge in [0.2, 0.25) is 0 Å². The fourth-order valence-electron chi connectivity index (χ4n) is 2.54. The zero-order chi connectivity index (χ0) is 18.9. The highest BCUT2D eigenvalue weighted by molar-refractivity contribution is 8.16. The number of ether oxygens (including phenoxy) is 2. The molecule has 0 aliphatic heterocycles. The molecule has 0 radical (unpaired) electrons. The van der Waals surface area contributed by atoms with Gasteiger partial charge in [0.05, 0.1) is 25.1 Å². The van der Waals surface area contributed by atoms with Gasteiger partial charge >= 0.3 is 0 Å². The van der Waals surface area contributed by atoms with Crippen LogP contribution in [0.15, 0.2) is 67.3 Å². The highest BCUT2D eigenvalue weighted by Crippen LogP contribution is 2.31. The van der Waals surface area contributed by atoms with Gasteiger partial charge < -0.3 is 14.0 Å². The molecule has 0 fully saturated rings. The molecule has 1 aromatic heterocycles. The van der Waals surface area contributed by atoms with Gasteiger partial charge in [-0.2, -0.15) is 0 Å². The van der Waals surface area contributed by atoms with Crippen LogP contribution in [0.5, 0.6) is 11.5 Å². The molecular weight excluding hydrogens is 412 g/mol. The maximum atomic E-state index is 5.24. The van der Waals surface area contributed by atoms with Crippen molar-refractivity contribution in [3.05, 3.63) is 78.4 Å². The minimum Gasteiger partial charge on any atom is -0.497 e. The summed E-state index contributed by atoms with van der Waals surface area (Å²) in [4.78, 5) is 4.17. The van der Waals surface area contributed by atoms with Crippen LogP contribution >= 0.6 is 35.9 Å². The number of thioether (sulfide) groups is 2. The topological polar surface area (TPSA) is 36.3 Å². The third-order valence-corrected chi connectivity index (χ3v) is 6.97. The standard InChI is InChI=1S/C21H24N2O2S2.ClH/c1-24-19-7-3-17(4-8-19)14-26-21(13-23-12-11-22-16-23)27-15-18-5-9-20(25-2)10-6-18;/h3-12,16,21H,13-15H2,1-2H3;1H. The number of hydrogen-bond acceptors (Lipinski definition) is 5. The second-order valence-corrected chi connectivity index (χ2v) is 8.69. The van der Waals surface area contributed by atoms with Gasteiger partial charge in [0.25, 0.3) is 0 Å². The lowest BCUT2D eigenvalue weighted by molar-refractivity contribution is 0.414. The number of benzene rings is 2. The summed E-state index contributed by atoms with van der Waals surface area (Å²) in [5, 5.41) is 0. The van der Waals surface area contributed by atoms with Gasteiger partial charge in [0.1, 0.15) is 11.5 Å². The average Bonchev–Trinajstić information content (AvgIpc) is 3.24. The number of rotatable bonds is 10. The molecule has 3 rings (SSSR count). The van der Waals surface area contributed by atoms with Gasteiger partial charge in [0.15, 0.2) is 0 Å². The summed E-state index contributed by atoms with van der Waals surface area (Å²) in [5.74, 6) is 3.73. The molecular formula is C21H25ClN2O2S2. The summed E-state index contributed by atoms with van der Waals surface area (Å²) >= 11 is 3.92. The minimum atomic E-state index is 0. The summed E-state index contributed by atoms with van der Waals surface area (Å²) in [6, 6.07) is 16.6. The fourth-order valence-corrected chi connectivity index (χ4v) is 5.03. The molecule has 28 heavy (non-hydrogen) atoms. The van der Waals surface area contributed by atoms with Crippen LogP contribution in [0.3, 0.4) is 0 Å². The van der Waals surface area contributed by atoms with Gasteiger partial charge in [0, 0.05) is 30.4 Å². The first-order valence-corrected chi connectivity index (χ1v) is 10.8. The maximum Gasteiger partial charge on any atom is 0.118 e. The largest absolute Gasteiger partial charge is 0.497 e. The quantitative estimate of drug-likeness (QED) is 0.391. The first kappa shape index (κ1) is 22.5. The molecule has 0 bridgehead atoms. The lowest BCUT2D eigenvalue weighted by atomic mass is 10.2. The normalized spacial score (nSPS) is 10.5. The van der Waals surface area contributed by atoms with Crippen LogP contribution in [0.25, 0.3) is 0 Å². The number of nitrogens with zero attached hydrogens (tertiary/aromatic N) is 2. The molecule has 0 N–H and O–H groups in total. The van der Waals surface area contributed by atoms with E-state index in [2.05, 4.69) is 33.8 Å². The van der Waals surface area contributed by atoms with E-state index < -0.39 is 0 Å². The van der Waals surface area contributed by atoms with Crippen molar-refractivity contribution in [3.63, 3.8) is 0 Å². The van der Waals surface area contributed by atoms with Crippen molar-refractivity contribution >= 4 is 35.9 Å². The monoisotopic (exact) mass is 436 g/mol. The Morgan fingerprint density at radius 2 is 1.36 bits per heavy atom. The van der Waals surface area contributed by atoms with E-state index in [1.54, 1.807) is 14.2 Å². The van der Waals surface area contributed by atoms with Crippen LogP contribution in [0.2, 0.25) is 0 Å². The number of hydrogen-bond donors (Lipinski definition) is 0. The van der Waals surface area contributed by atoms with Gasteiger partial charge in [-0.3, -0.25) is 0 Å². The van der Waals surface area contributed by atoms with E-state index in [0.29, 0.717) is 4.58 Å². The number of aromatic nitrogens is 2. The maximum absolute atomic E-state index is 5.24. The second-order valence-electron chi connectivity index (χ2n) is 6.01. The van der Waals surface area contributed by atoms with Gasteiger partial charge in [-0.25, -0.2) is 4.98 Å². The van der Waals surface area contributed by atoms with Crippen molar-refractivity contribution in [2.45, 2.75) is 22.6 Å². The predicted octanol–water partition coefficient (Wildman–Crippen LogP) is 5.52. The minimum absolute atomic E-state index is 0. The number of halogens is 1. The zero-order valence-corrected chi connectivity index (χ0v) is 18.4. The molecule has 0 aliphatic rings. The van der Waals surface area contributed by atoms with Gasteiger partial charge in [-0.1, -0.05) is 24.3 Å². The summed E-state index contributed by atoms with van der Waals surface area (Å²) in [5.41, 5.74) is 2.61. The molecule has 7 heteroatoms. The van der Waals surface area contributed by atoms with Crippen LogP contribution in [-0.2, 0) is 18.1 Å². The molecule has 0 saturated carbocycles. The van der Waals surface area contributed by atoms with Crippen LogP contribution in [0.1, 0.15) is 11.1 Å². The number of imidazole rings is 1. The van der Waals surface area contributed by atoms with Crippen LogP contribution in [-0.4, -0.2) is 28.4 Å². The molecule has 3 aromatic rings. The molecule has 0 saturated heterocycles. The Balaban J connectivity index is 0.00000280. The molecule has 0 unspecified atom stereocenters. The van der Waals surface area contributed by atoms with Crippen molar-refractivity contribution in [2.24, 2.45) is 0 Å². The lowest BCUT2D eigenvalue weighted by Crippen LogP contribution is -2.09. The van der Waals surface area contributed by atoms with E-state index in [0.717, 1.165) is 29.5 Å². The van der Waals surface area contributed by atoms with Crippen molar-refractivity contribution in [2.75, 3.05) is 14.2 Å². The smallest absolute Gasteiger partial charge is 0.118 e. The molecule has 0 atom stereocenters. The van der Waals surface area contributed by atoms with Gasteiger partial charge in [-0.15, -0.1) is 35.9 Å². The summed E-state index contributed by atoms with van der Waals surface area (Å²) < 4.78 is 13.1. The molecule has 0 amide bonds. The third kappa shape index (κ3) is 7.00. The first-order valence-electron chi connectivity index (χ1n) is 8.71. The molecule has 0 spiro atoms. The molecule has 0 aliphatic carbocycles. The fraction of sp³-hybridized carbons (Fsp3) is 0.286. The average molecular weight is 437 g/mol. The van der Waals surface area contributed by atoms with Crippen LogP contribution < -0.4 is 9.47 Å². The molecule has 4 nitrogen and oxygen atoms in total. The van der Waals surface area contributed by atoms with E-state index in [4.69, 9.17) is 9.47 Å². The highest BCUT2D eigenvalue weighted by Gasteiger charge is 2.12. The summed E-state index contributed by atoms with van der Waals surface area (Å²) in [6.45, 7) is 0.932. The highest BCUT2D eigenvalue weighted by atomic mass is 35.5. The zero-order valence-electron chi connectivity index (χ0n) is 16.0. The molecule has 2 aromatic carbocycles. The Morgan fingerprint density at radius 1 is 0.857 bits per heavy atom. The van der Waals surface area contributed by atoms with Gasteiger partial charge in [-0.05, 0) is 35.4 Å². The van der Waals surface area contributed by atoms with Crippen molar-refractivity contribution < 1.29 is 9.47 Å². The molecule has 1 heterocycles. The SMILES string of the molecule is COc1ccc(CSC(Cn2ccnc2)SCc2ccc(OC)cc2)cc1.Cl. The van der Waals surface area contributed by atoms with E-state index in [1.807, 2.05) is 66.5 Å². The lowest BCUT2D eigenvalue weighted by Gasteiger charge is -2.17. The summed E-state index contributed by atoms with van der Waals surface area (Å²) in [7, 11) is 3.39. The van der Waals surface area contributed by atoms with E-state index >= 15 is 0 Å². The Labute approximate surface area is 181 Å². The summed E-state index contributed by atoms with van der Waals surface area (Å²) in [6.07, 6.45) is 5.74. The van der Waals surface area contributed by atoms with Crippen LogP contribution in [0, 0.1) is 0 Å². The van der Waals surface area contributed by atoms with E-state index in [-0.39, 0.29) is 12.4 Å². The third-order valence-electron chi connectivity index (χ3n) is 4.11. The second kappa shape index (κ2) is 11.9. The molecule has 150 valence electrons. The van der Waals surface area contributed by atoms with Crippen molar-refractivity contribution in [3.8, 4) is 11.5 Å². The van der Waals surface area contributed by atoms with E-state index in [1.165, 1.54) is 11.1 Å². The number of methoxy groups -OCH3 is 2. The Bertz CT molecular complexity index is 745. The van der Waals surface area contributed by atoms with Crippen LogP contribution in [0.4, 0.5) is 0 Å². The first-order chi connectivity index (χ1) is 13.3. The van der Waals surface area contributed by atoms with Crippen molar-refractivity contribution in [1.82, 2.24) is 9.55 Å². The van der Waals surface area contributed by atoms with E-state index in [9.17, 15) is 0 Å². The Hall–Kier alpha value is -1.76. The van der Waals surface area contributed by atoms with Crippen molar-refractivity contribution in [1.29, 1.82) is 0 Å². The Morgan fingerprint density at radius 3 is 1.75 bits per heavy atom. The predicted molar refractivity (Wildman–Crippen MR) is 122 cm³/mol.